The van der Waals surface area contributed by atoms with Gasteiger partial charge in [0.1, 0.15) is 11.3 Å². The molecule has 21 heavy (non-hydrogen) atoms. The van der Waals surface area contributed by atoms with Crippen LogP contribution in [0.25, 0.3) is 10.9 Å². The first-order valence-electron chi connectivity index (χ1n) is 6.46. The summed E-state index contributed by atoms with van der Waals surface area (Å²) in [5.74, 6) is 0.727. The van der Waals surface area contributed by atoms with Gasteiger partial charge in [-0.3, -0.25) is 4.79 Å². The van der Waals surface area contributed by atoms with Crippen LogP contribution >= 0.6 is 11.3 Å². The summed E-state index contributed by atoms with van der Waals surface area (Å²) >= 11 is 1.30. The quantitative estimate of drug-likeness (QED) is 0.786. The molecular formula is C14H14N4O2S. The van der Waals surface area contributed by atoms with Crippen LogP contribution in [0.2, 0.25) is 0 Å². The molecule has 1 amide bonds. The highest BCUT2D eigenvalue weighted by Gasteiger charge is 2.09. The number of rotatable bonds is 5. The Morgan fingerprint density at radius 1 is 1.43 bits per heavy atom. The maximum absolute atomic E-state index is 11.9. The van der Waals surface area contributed by atoms with E-state index in [1.54, 1.807) is 12.6 Å². The minimum Gasteiger partial charge on any atom is -0.495 e. The highest BCUT2D eigenvalue weighted by Crippen LogP contribution is 2.26. The number of carbonyl (C=O) groups is 1. The second-order valence-corrected chi connectivity index (χ2v) is 5.28. The number of anilines is 1. The number of nitrogens with zero attached hydrogens (tertiary/aromatic N) is 3. The highest BCUT2D eigenvalue weighted by molar-refractivity contribution is 7.13. The van der Waals surface area contributed by atoms with Crippen LogP contribution in [0, 0.1) is 0 Å². The molecule has 3 aromatic rings. The topological polar surface area (TPSA) is 69.0 Å². The Labute approximate surface area is 125 Å². The first-order chi connectivity index (χ1) is 10.3. The summed E-state index contributed by atoms with van der Waals surface area (Å²) in [6.45, 7) is 0.578. The number of para-hydroxylation sites is 1. The van der Waals surface area contributed by atoms with Crippen molar-refractivity contribution in [1.82, 2.24) is 14.8 Å². The molecule has 0 unspecified atom stereocenters. The molecule has 6 nitrogen and oxygen atoms in total. The van der Waals surface area contributed by atoms with Crippen molar-refractivity contribution >= 4 is 33.3 Å². The number of amides is 1. The molecule has 0 saturated carbocycles. The van der Waals surface area contributed by atoms with Crippen LogP contribution in [0.15, 0.2) is 36.0 Å². The standard InChI is InChI=1S/C14H14N4O2S/c1-20-11-4-2-3-10-5-7-18(13(10)11)8-6-12(19)16-14-17-15-9-21-14/h2-5,7,9H,6,8H2,1H3,(H,16,17,19). The monoisotopic (exact) mass is 302 g/mol. The fraction of sp³-hybridized carbons (Fsp3) is 0.214. The van der Waals surface area contributed by atoms with E-state index in [-0.39, 0.29) is 5.91 Å². The summed E-state index contributed by atoms with van der Waals surface area (Å²) in [6.07, 6.45) is 2.33. The SMILES string of the molecule is COc1cccc2ccn(CCC(=O)Nc3nncs3)c12. The minimum absolute atomic E-state index is 0.0801. The molecule has 0 aliphatic rings. The molecule has 0 saturated heterocycles. The van der Waals surface area contributed by atoms with Gasteiger partial charge in [-0.1, -0.05) is 23.5 Å². The fourth-order valence-electron chi connectivity index (χ4n) is 2.21. The van der Waals surface area contributed by atoms with E-state index in [0.717, 1.165) is 16.7 Å². The number of nitrogens with one attached hydrogen (secondary N) is 1. The number of fused-ring (bicyclic) bond motifs is 1. The summed E-state index contributed by atoms with van der Waals surface area (Å²) in [5, 5.41) is 11.8. The Balaban J connectivity index is 1.72. The second kappa shape index (κ2) is 5.92. The summed E-state index contributed by atoms with van der Waals surface area (Å²) < 4.78 is 7.40. The van der Waals surface area contributed by atoms with Gasteiger partial charge < -0.3 is 14.6 Å². The molecule has 0 bridgehead atoms. The first-order valence-corrected chi connectivity index (χ1v) is 7.34. The largest absolute Gasteiger partial charge is 0.495 e. The lowest BCUT2D eigenvalue weighted by Crippen LogP contribution is -2.14. The molecule has 0 radical (unpaired) electrons. The van der Waals surface area contributed by atoms with E-state index in [4.69, 9.17) is 4.74 Å². The second-order valence-electron chi connectivity index (χ2n) is 4.45. The van der Waals surface area contributed by atoms with Crippen molar-refractivity contribution < 1.29 is 9.53 Å². The predicted molar refractivity (Wildman–Crippen MR) is 81.6 cm³/mol. The van der Waals surface area contributed by atoms with E-state index >= 15 is 0 Å². The van der Waals surface area contributed by atoms with Gasteiger partial charge in [0.2, 0.25) is 11.0 Å². The molecule has 108 valence electrons. The molecule has 3 rings (SSSR count). The Morgan fingerprint density at radius 2 is 2.33 bits per heavy atom. The molecule has 0 fully saturated rings. The molecule has 0 aliphatic heterocycles. The lowest BCUT2D eigenvalue weighted by atomic mass is 10.2. The molecule has 1 N–H and O–H groups in total. The molecule has 1 aromatic carbocycles. The van der Waals surface area contributed by atoms with Crippen molar-refractivity contribution in [2.24, 2.45) is 0 Å². The third-order valence-electron chi connectivity index (χ3n) is 3.16. The average molecular weight is 302 g/mol. The van der Waals surface area contributed by atoms with Gasteiger partial charge >= 0.3 is 0 Å². The van der Waals surface area contributed by atoms with Gasteiger partial charge in [0.15, 0.2) is 0 Å². The van der Waals surface area contributed by atoms with Gasteiger partial charge in [-0.2, -0.15) is 0 Å². The van der Waals surface area contributed by atoms with Crippen molar-refractivity contribution in [3.63, 3.8) is 0 Å². The van der Waals surface area contributed by atoms with Crippen molar-refractivity contribution in [2.75, 3.05) is 12.4 Å². The predicted octanol–water partition coefficient (Wildman–Crippen LogP) is 2.53. The van der Waals surface area contributed by atoms with Gasteiger partial charge in [-0.05, 0) is 12.1 Å². The highest BCUT2D eigenvalue weighted by atomic mass is 32.1. The number of hydrogen-bond acceptors (Lipinski definition) is 5. The number of hydrogen-bond donors (Lipinski definition) is 1. The maximum Gasteiger partial charge on any atom is 0.227 e. The molecule has 0 aliphatic carbocycles. The van der Waals surface area contributed by atoms with Gasteiger partial charge in [0, 0.05) is 24.5 Å². The van der Waals surface area contributed by atoms with E-state index in [1.807, 2.05) is 35.0 Å². The molecular weight excluding hydrogens is 288 g/mol. The molecule has 2 heterocycles. The number of carbonyl (C=O) groups excluding carboxylic acids is 1. The van der Waals surface area contributed by atoms with E-state index < -0.39 is 0 Å². The molecule has 0 atom stereocenters. The van der Waals surface area contributed by atoms with E-state index in [9.17, 15) is 4.79 Å². The van der Waals surface area contributed by atoms with Crippen LogP contribution in [0.4, 0.5) is 5.13 Å². The smallest absolute Gasteiger partial charge is 0.227 e. The zero-order chi connectivity index (χ0) is 14.7. The lowest BCUT2D eigenvalue weighted by Gasteiger charge is -2.08. The van der Waals surface area contributed by atoms with Crippen LogP contribution in [0.5, 0.6) is 5.75 Å². The minimum atomic E-state index is -0.0801. The summed E-state index contributed by atoms with van der Waals surface area (Å²) in [6, 6.07) is 7.91. The van der Waals surface area contributed by atoms with Crippen LogP contribution < -0.4 is 10.1 Å². The normalized spacial score (nSPS) is 10.7. The van der Waals surface area contributed by atoms with Crippen molar-refractivity contribution in [3.05, 3.63) is 36.0 Å². The lowest BCUT2D eigenvalue weighted by molar-refractivity contribution is -0.116. The van der Waals surface area contributed by atoms with Gasteiger partial charge in [0.25, 0.3) is 0 Å². The van der Waals surface area contributed by atoms with Gasteiger partial charge in [-0.25, -0.2) is 0 Å². The molecule has 0 spiro atoms. The van der Waals surface area contributed by atoms with Crippen LogP contribution in [0.1, 0.15) is 6.42 Å². The van der Waals surface area contributed by atoms with Crippen LogP contribution in [-0.2, 0) is 11.3 Å². The zero-order valence-electron chi connectivity index (χ0n) is 11.4. The van der Waals surface area contributed by atoms with E-state index in [1.165, 1.54) is 11.3 Å². The van der Waals surface area contributed by atoms with Gasteiger partial charge in [0.05, 0.1) is 12.6 Å². The fourth-order valence-corrected chi connectivity index (χ4v) is 2.67. The summed E-state index contributed by atoms with van der Waals surface area (Å²) in [7, 11) is 1.65. The number of methoxy groups -OCH3 is 1. The maximum atomic E-state index is 11.9. The number of aryl methyl sites for hydroxylation is 1. The summed E-state index contributed by atoms with van der Waals surface area (Å²) in [5.41, 5.74) is 2.59. The number of benzene rings is 1. The third kappa shape index (κ3) is 2.87. The average Bonchev–Trinajstić information content (AvgIpc) is 3.14. The molecule has 2 aromatic heterocycles. The van der Waals surface area contributed by atoms with Crippen molar-refractivity contribution in [3.8, 4) is 5.75 Å². The zero-order valence-corrected chi connectivity index (χ0v) is 12.3. The first kappa shape index (κ1) is 13.6. The van der Waals surface area contributed by atoms with Crippen LogP contribution in [0.3, 0.4) is 0 Å². The summed E-state index contributed by atoms with van der Waals surface area (Å²) in [4.78, 5) is 11.9. The number of ether oxygens (including phenoxy) is 1. The number of aromatic nitrogens is 3. The van der Waals surface area contributed by atoms with Crippen LogP contribution in [-0.4, -0.2) is 27.8 Å². The van der Waals surface area contributed by atoms with E-state index in [0.29, 0.717) is 18.1 Å². The van der Waals surface area contributed by atoms with E-state index in [2.05, 4.69) is 15.5 Å². The van der Waals surface area contributed by atoms with Crippen molar-refractivity contribution in [1.29, 1.82) is 0 Å². The Morgan fingerprint density at radius 3 is 3.10 bits per heavy atom. The third-order valence-corrected chi connectivity index (χ3v) is 3.76. The Hall–Kier alpha value is -2.41. The van der Waals surface area contributed by atoms with Gasteiger partial charge in [-0.15, -0.1) is 10.2 Å². The Bertz CT molecular complexity index is 752. The molecule has 7 heteroatoms. The van der Waals surface area contributed by atoms with Crippen molar-refractivity contribution in [2.45, 2.75) is 13.0 Å². The Kier molecular flexibility index (Phi) is 3.83.